The molecule has 1 aromatic carbocycles. The summed E-state index contributed by atoms with van der Waals surface area (Å²) in [5, 5.41) is 0. The topological polar surface area (TPSA) is 0 Å². The lowest BCUT2D eigenvalue weighted by Gasteiger charge is -2.57. The standard InChI is InChI=1S/C23H32/c1-15-4-2-3-5-22(15)18-6-8-19(9-7-18)23-20-11-16-10-17(13-20)14-21(23)12-16/h2-5,16-21,23H,6-14H2,1H3. The summed E-state index contributed by atoms with van der Waals surface area (Å²) in [5.74, 6) is 7.59. The summed E-state index contributed by atoms with van der Waals surface area (Å²) in [4.78, 5) is 0. The van der Waals surface area contributed by atoms with Crippen LogP contribution in [0.5, 0.6) is 0 Å². The quantitative estimate of drug-likeness (QED) is 0.598. The highest BCUT2D eigenvalue weighted by Crippen LogP contribution is 2.60. The van der Waals surface area contributed by atoms with Crippen LogP contribution in [-0.2, 0) is 0 Å². The van der Waals surface area contributed by atoms with Gasteiger partial charge in [0.25, 0.3) is 0 Å². The summed E-state index contributed by atoms with van der Waals surface area (Å²) in [6.45, 7) is 2.30. The molecule has 1 aromatic rings. The van der Waals surface area contributed by atoms with Crippen molar-refractivity contribution >= 4 is 0 Å². The van der Waals surface area contributed by atoms with Crippen molar-refractivity contribution in [1.82, 2.24) is 0 Å². The normalized spacial score (nSPS) is 45.3. The zero-order chi connectivity index (χ0) is 15.4. The Bertz CT molecular complexity index is 535. The maximum Gasteiger partial charge on any atom is -0.0159 e. The number of benzene rings is 1. The Kier molecular flexibility index (Phi) is 3.57. The monoisotopic (exact) mass is 308 g/mol. The van der Waals surface area contributed by atoms with Gasteiger partial charge < -0.3 is 0 Å². The molecule has 5 fully saturated rings. The van der Waals surface area contributed by atoms with E-state index < -0.39 is 0 Å². The number of hydrogen-bond acceptors (Lipinski definition) is 0. The number of hydrogen-bond donors (Lipinski definition) is 0. The molecule has 0 heterocycles. The van der Waals surface area contributed by atoms with Gasteiger partial charge in [-0.1, -0.05) is 24.3 Å². The van der Waals surface area contributed by atoms with E-state index in [1.54, 1.807) is 37.7 Å². The van der Waals surface area contributed by atoms with Crippen LogP contribution >= 0.6 is 0 Å². The highest BCUT2D eigenvalue weighted by Gasteiger charge is 2.50. The Labute approximate surface area is 142 Å². The van der Waals surface area contributed by atoms with E-state index in [4.69, 9.17) is 0 Å². The highest BCUT2D eigenvalue weighted by molar-refractivity contribution is 5.29. The first-order valence-electron chi connectivity index (χ1n) is 10.3. The van der Waals surface area contributed by atoms with E-state index in [9.17, 15) is 0 Å². The molecule has 0 aromatic heterocycles. The van der Waals surface area contributed by atoms with E-state index in [1.807, 2.05) is 0 Å². The molecular weight excluding hydrogens is 276 g/mol. The summed E-state index contributed by atoms with van der Waals surface area (Å²) in [7, 11) is 0. The van der Waals surface area contributed by atoms with Crippen molar-refractivity contribution in [3.63, 3.8) is 0 Å². The SMILES string of the molecule is Cc1ccccc1C1CCC(C2C3CC4CC(C3)CC2C4)CC1. The summed E-state index contributed by atoms with van der Waals surface area (Å²) < 4.78 is 0. The van der Waals surface area contributed by atoms with Crippen LogP contribution in [0.4, 0.5) is 0 Å². The first-order chi connectivity index (χ1) is 11.3. The van der Waals surface area contributed by atoms with E-state index in [0.29, 0.717) is 0 Å². The number of aryl methyl sites for hydroxylation is 1. The van der Waals surface area contributed by atoms with Gasteiger partial charge in [0.2, 0.25) is 0 Å². The summed E-state index contributed by atoms with van der Waals surface area (Å²) in [6.07, 6.45) is 14.0. The minimum Gasteiger partial charge on any atom is -0.0620 e. The second-order valence-electron chi connectivity index (χ2n) is 9.48. The van der Waals surface area contributed by atoms with Gasteiger partial charge in [-0.15, -0.1) is 0 Å². The lowest BCUT2D eigenvalue weighted by atomic mass is 9.48. The fraction of sp³-hybridized carbons (Fsp3) is 0.739. The molecule has 0 N–H and O–H groups in total. The third-order valence-electron chi connectivity index (χ3n) is 8.24. The van der Waals surface area contributed by atoms with Gasteiger partial charge in [-0.2, -0.15) is 0 Å². The molecule has 0 amide bonds. The lowest BCUT2D eigenvalue weighted by Crippen LogP contribution is -2.48. The third kappa shape index (κ3) is 2.48. The molecule has 0 saturated heterocycles. The van der Waals surface area contributed by atoms with Gasteiger partial charge in [0, 0.05) is 0 Å². The molecule has 5 aliphatic rings. The molecule has 5 aliphatic carbocycles. The second kappa shape index (κ2) is 5.64. The van der Waals surface area contributed by atoms with Gasteiger partial charge in [-0.25, -0.2) is 0 Å². The maximum atomic E-state index is 2.39. The molecule has 0 unspecified atom stereocenters. The fourth-order valence-corrected chi connectivity index (χ4v) is 7.60. The van der Waals surface area contributed by atoms with Crippen molar-refractivity contribution < 1.29 is 0 Å². The minimum atomic E-state index is 0.851. The summed E-state index contributed by atoms with van der Waals surface area (Å²) in [5.41, 5.74) is 3.17. The summed E-state index contributed by atoms with van der Waals surface area (Å²) >= 11 is 0. The van der Waals surface area contributed by atoms with Crippen molar-refractivity contribution in [2.24, 2.45) is 35.5 Å². The van der Waals surface area contributed by atoms with Crippen molar-refractivity contribution in [3.05, 3.63) is 35.4 Å². The van der Waals surface area contributed by atoms with Crippen LogP contribution in [0.15, 0.2) is 24.3 Å². The molecule has 5 saturated carbocycles. The van der Waals surface area contributed by atoms with Gasteiger partial charge in [-0.3, -0.25) is 0 Å². The maximum absolute atomic E-state index is 2.39. The van der Waals surface area contributed by atoms with E-state index in [2.05, 4.69) is 31.2 Å². The highest BCUT2D eigenvalue weighted by atomic mass is 14.6. The van der Waals surface area contributed by atoms with Crippen LogP contribution in [0.2, 0.25) is 0 Å². The van der Waals surface area contributed by atoms with Crippen molar-refractivity contribution in [1.29, 1.82) is 0 Å². The van der Waals surface area contributed by atoms with Gasteiger partial charge >= 0.3 is 0 Å². The van der Waals surface area contributed by atoms with E-state index in [-0.39, 0.29) is 0 Å². The zero-order valence-corrected chi connectivity index (χ0v) is 14.7. The molecule has 0 spiro atoms. The van der Waals surface area contributed by atoms with Gasteiger partial charge in [0.05, 0.1) is 0 Å². The Morgan fingerprint density at radius 3 is 1.91 bits per heavy atom. The smallest absolute Gasteiger partial charge is 0.0159 e. The lowest BCUT2D eigenvalue weighted by molar-refractivity contribution is -0.0687. The predicted molar refractivity (Wildman–Crippen MR) is 96.4 cm³/mol. The van der Waals surface area contributed by atoms with Gasteiger partial charge in [0.1, 0.15) is 0 Å². The Hall–Kier alpha value is -0.780. The Balaban J connectivity index is 1.28. The third-order valence-corrected chi connectivity index (χ3v) is 8.24. The zero-order valence-electron chi connectivity index (χ0n) is 14.7. The second-order valence-corrected chi connectivity index (χ2v) is 9.48. The molecule has 0 atom stereocenters. The van der Waals surface area contributed by atoms with E-state index >= 15 is 0 Å². The fourth-order valence-electron chi connectivity index (χ4n) is 7.60. The molecule has 124 valence electrons. The van der Waals surface area contributed by atoms with Crippen molar-refractivity contribution in [2.75, 3.05) is 0 Å². The van der Waals surface area contributed by atoms with Gasteiger partial charge in [-0.05, 0) is 117 Å². The Morgan fingerprint density at radius 1 is 0.696 bits per heavy atom. The molecule has 6 rings (SSSR count). The van der Waals surface area contributed by atoms with Crippen LogP contribution in [0.1, 0.15) is 74.8 Å². The Morgan fingerprint density at radius 2 is 1.30 bits per heavy atom. The molecule has 4 bridgehead atoms. The largest absolute Gasteiger partial charge is 0.0620 e. The van der Waals surface area contributed by atoms with Crippen LogP contribution in [-0.4, -0.2) is 0 Å². The van der Waals surface area contributed by atoms with Crippen LogP contribution < -0.4 is 0 Å². The average Bonchev–Trinajstić information content (AvgIpc) is 2.55. The van der Waals surface area contributed by atoms with Crippen LogP contribution in [0, 0.1) is 42.4 Å². The number of rotatable bonds is 2. The minimum absolute atomic E-state index is 0.851. The molecule has 23 heavy (non-hydrogen) atoms. The van der Waals surface area contributed by atoms with Gasteiger partial charge in [0.15, 0.2) is 0 Å². The van der Waals surface area contributed by atoms with E-state index in [1.165, 1.54) is 31.2 Å². The molecule has 0 heteroatoms. The first-order valence-corrected chi connectivity index (χ1v) is 10.3. The summed E-state index contributed by atoms with van der Waals surface area (Å²) in [6, 6.07) is 9.13. The molecule has 0 aliphatic heterocycles. The van der Waals surface area contributed by atoms with Crippen molar-refractivity contribution in [2.45, 2.75) is 70.6 Å². The van der Waals surface area contributed by atoms with Crippen molar-refractivity contribution in [3.8, 4) is 0 Å². The molecule has 0 nitrogen and oxygen atoms in total. The molecule has 0 radical (unpaired) electrons. The first kappa shape index (κ1) is 14.6. The van der Waals surface area contributed by atoms with Crippen LogP contribution in [0.3, 0.4) is 0 Å². The van der Waals surface area contributed by atoms with Crippen LogP contribution in [0.25, 0.3) is 0 Å². The molecular formula is C23H32. The average molecular weight is 309 g/mol. The predicted octanol–water partition coefficient (Wildman–Crippen LogP) is 6.34. The van der Waals surface area contributed by atoms with E-state index in [0.717, 1.165) is 41.4 Å².